The number of amides is 4. The van der Waals surface area contributed by atoms with Crippen LogP contribution < -0.4 is 5.32 Å². The highest BCUT2D eigenvalue weighted by Gasteiger charge is 2.52. The Morgan fingerprint density at radius 1 is 1.11 bits per heavy atom. The van der Waals surface area contributed by atoms with Crippen molar-refractivity contribution in [2.45, 2.75) is 57.3 Å². The van der Waals surface area contributed by atoms with Gasteiger partial charge in [-0.2, -0.15) is 5.01 Å². The molecular weight excluding hydrogens is 462 g/mol. The maximum Gasteiger partial charge on any atom is 0.334 e. The van der Waals surface area contributed by atoms with E-state index in [0.29, 0.717) is 12.5 Å². The smallest absolute Gasteiger partial charge is 0.334 e. The van der Waals surface area contributed by atoms with E-state index in [0.717, 1.165) is 31.2 Å². The number of piperazine rings is 1. The molecule has 0 radical (unpaired) electrons. The quantitative estimate of drug-likeness (QED) is 0.554. The van der Waals surface area contributed by atoms with Gasteiger partial charge in [0.1, 0.15) is 12.2 Å². The highest BCUT2D eigenvalue weighted by molar-refractivity contribution is 5.93. The number of hydrogen-bond acceptors (Lipinski definition) is 5. The van der Waals surface area contributed by atoms with Crippen molar-refractivity contribution in [2.75, 3.05) is 26.2 Å². The van der Waals surface area contributed by atoms with Crippen molar-refractivity contribution in [2.24, 2.45) is 5.92 Å². The first-order valence-corrected chi connectivity index (χ1v) is 12.5. The second-order valence-corrected chi connectivity index (χ2v) is 9.66. The first-order chi connectivity index (χ1) is 17.4. The molecule has 2 saturated heterocycles. The van der Waals surface area contributed by atoms with Crippen molar-refractivity contribution in [1.29, 1.82) is 0 Å². The summed E-state index contributed by atoms with van der Waals surface area (Å²) in [6, 6.07) is 7.78. The average molecular weight is 496 g/mol. The van der Waals surface area contributed by atoms with Gasteiger partial charge in [0.05, 0.1) is 26.1 Å². The number of nitrogens with zero attached hydrogens (tertiary/aromatic N) is 4. The topological polar surface area (TPSA) is 114 Å². The summed E-state index contributed by atoms with van der Waals surface area (Å²) in [6.45, 7) is 0.670. The molecule has 0 unspecified atom stereocenters. The van der Waals surface area contributed by atoms with Gasteiger partial charge in [-0.3, -0.25) is 14.4 Å². The molecule has 1 aromatic carbocycles. The van der Waals surface area contributed by atoms with E-state index in [1.807, 2.05) is 30.3 Å². The zero-order valence-corrected chi connectivity index (χ0v) is 20.3. The Kier molecular flexibility index (Phi) is 8.10. The molecule has 10 heteroatoms. The van der Waals surface area contributed by atoms with Crippen molar-refractivity contribution in [3.8, 4) is 12.3 Å². The number of carbonyl (C=O) groups is 4. The monoisotopic (exact) mass is 495 g/mol. The largest absolute Gasteiger partial charge is 0.481 e. The molecule has 3 fully saturated rings. The molecule has 10 nitrogen and oxygen atoms in total. The molecular formula is C26H33N5O5. The van der Waals surface area contributed by atoms with E-state index in [1.165, 1.54) is 21.3 Å². The van der Waals surface area contributed by atoms with Crippen LogP contribution in [0.5, 0.6) is 0 Å². The summed E-state index contributed by atoms with van der Waals surface area (Å²) in [5.74, 6) is 0.855. The van der Waals surface area contributed by atoms with Crippen molar-refractivity contribution in [3.05, 3.63) is 35.9 Å². The molecule has 192 valence electrons. The Bertz CT molecular complexity index is 1020. The third-order valence-electron chi connectivity index (χ3n) is 7.17. The molecule has 3 aliphatic rings. The molecule has 4 amide bonds. The molecule has 0 bridgehead atoms. The van der Waals surface area contributed by atoms with Gasteiger partial charge in [0.2, 0.25) is 11.8 Å². The van der Waals surface area contributed by atoms with E-state index in [2.05, 4.69) is 11.2 Å². The second kappa shape index (κ2) is 11.4. The van der Waals surface area contributed by atoms with Gasteiger partial charge >= 0.3 is 12.0 Å². The van der Waals surface area contributed by atoms with Crippen LogP contribution >= 0.6 is 0 Å². The van der Waals surface area contributed by atoms with Gasteiger partial charge in [0.25, 0.3) is 0 Å². The number of hydrogen-bond donors (Lipinski definition) is 2. The van der Waals surface area contributed by atoms with E-state index >= 15 is 0 Å². The van der Waals surface area contributed by atoms with Crippen LogP contribution in [0.4, 0.5) is 4.79 Å². The third kappa shape index (κ3) is 5.62. The number of benzene rings is 1. The minimum atomic E-state index is -1.18. The summed E-state index contributed by atoms with van der Waals surface area (Å²) in [7, 11) is 0. The van der Waals surface area contributed by atoms with Crippen molar-refractivity contribution >= 4 is 23.8 Å². The highest BCUT2D eigenvalue weighted by Crippen LogP contribution is 2.31. The number of fused-ring (bicyclic) bond motifs is 1. The third-order valence-corrected chi connectivity index (χ3v) is 7.17. The average Bonchev–Trinajstić information content (AvgIpc) is 2.86. The van der Waals surface area contributed by atoms with Crippen LogP contribution in [-0.2, 0) is 20.9 Å². The van der Waals surface area contributed by atoms with Gasteiger partial charge < -0.3 is 20.2 Å². The lowest BCUT2D eigenvalue weighted by Crippen LogP contribution is -2.76. The molecule has 2 N–H and O–H groups in total. The Morgan fingerprint density at radius 2 is 1.83 bits per heavy atom. The van der Waals surface area contributed by atoms with Crippen LogP contribution in [-0.4, -0.2) is 87.1 Å². The van der Waals surface area contributed by atoms with Gasteiger partial charge in [0.15, 0.2) is 0 Å². The van der Waals surface area contributed by atoms with E-state index in [1.54, 1.807) is 4.90 Å². The predicted molar refractivity (Wildman–Crippen MR) is 131 cm³/mol. The lowest BCUT2D eigenvalue weighted by Gasteiger charge is -2.55. The molecule has 36 heavy (non-hydrogen) atoms. The van der Waals surface area contributed by atoms with Crippen LogP contribution in [0.25, 0.3) is 0 Å². The summed E-state index contributed by atoms with van der Waals surface area (Å²) in [5, 5.41) is 15.3. The number of carboxylic acids is 1. The van der Waals surface area contributed by atoms with Gasteiger partial charge in [0, 0.05) is 13.1 Å². The van der Waals surface area contributed by atoms with Crippen molar-refractivity contribution < 1.29 is 24.3 Å². The first kappa shape index (κ1) is 25.5. The zero-order valence-electron chi connectivity index (χ0n) is 20.3. The normalized spacial score (nSPS) is 23.2. The summed E-state index contributed by atoms with van der Waals surface area (Å²) in [4.78, 5) is 54.7. The number of carboxylic acid groups (broad SMARTS) is 1. The Hall–Kier alpha value is -3.58. The fourth-order valence-electron chi connectivity index (χ4n) is 5.50. The van der Waals surface area contributed by atoms with E-state index in [-0.39, 0.29) is 32.1 Å². The molecule has 2 heterocycles. The minimum Gasteiger partial charge on any atom is -0.481 e. The minimum absolute atomic E-state index is 0.0228. The van der Waals surface area contributed by atoms with E-state index in [9.17, 15) is 24.3 Å². The van der Waals surface area contributed by atoms with Gasteiger partial charge in [-0.15, -0.1) is 6.42 Å². The SMILES string of the molecule is C#CCN1CC(=O)N2[C@@H](CC(=O)O)C(=O)N(CC3CCCCC3)C[C@@H]2N1C(=O)NCc1ccccc1. The van der Waals surface area contributed by atoms with Gasteiger partial charge in [-0.1, -0.05) is 55.5 Å². The Labute approximate surface area is 211 Å². The van der Waals surface area contributed by atoms with Crippen LogP contribution in [0.15, 0.2) is 30.3 Å². The predicted octanol–water partition coefficient (Wildman–Crippen LogP) is 1.48. The Morgan fingerprint density at radius 3 is 2.50 bits per heavy atom. The standard InChI is InChI=1S/C26H33N5O5/c1-2-13-29-18-23(32)30-21(14-24(33)34)25(35)28(16-20-11-7-4-8-12-20)17-22(30)31(29)26(36)27-15-19-9-5-3-6-10-19/h1,3,5-6,9-10,20-22H,4,7-8,11-18H2,(H,27,36)(H,33,34)/t21-,22-/m0/s1. The summed E-state index contributed by atoms with van der Waals surface area (Å²) >= 11 is 0. The van der Waals surface area contributed by atoms with Crippen LogP contribution in [0, 0.1) is 18.3 Å². The number of nitrogens with one attached hydrogen (secondary N) is 1. The van der Waals surface area contributed by atoms with Crippen LogP contribution in [0.1, 0.15) is 44.1 Å². The zero-order chi connectivity index (χ0) is 25.7. The number of rotatable bonds is 7. The number of urea groups is 1. The second-order valence-electron chi connectivity index (χ2n) is 9.66. The molecule has 0 aromatic heterocycles. The molecule has 1 aromatic rings. The van der Waals surface area contributed by atoms with Crippen LogP contribution in [0.2, 0.25) is 0 Å². The van der Waals surface area contributed by atoms with Crippen molar-refractivity contribution in [1.82, 2.24) is 25.1 Å². The maximum atomic E-state index is 13.5. The molecule has 1 aliphatic carbocycles. The number of terminal acetylenes is 1. The first-order valence-electron chi connectivity index (χ1n) is 12.5. The summed E-state index contributed by atoms with van der Waals surface area (Å²) < 4.78 is 0. The molecule has 2 aliphatic heterocycles. The Balaban J connectivity index is 1.62. The maximum absolute atomic E-state index is 13.5. The van der Waals surface area contributed by atoms with Crippen LogP contribution in [0.3, 0.4) is 0 Å². The lowest BCUT2D eigenvalue weighted by molar-refractivity contribution is -0.190. The lowest BCUT2D eigenvalue weighted by atomic mass is 9.88. The molecule has 2 atom stereocenters. The van der Waals surface area contributed by atoms with Gasteiger partial charge in [-0.05, 0) is 24.3 Å². The molecule has 1 saturated carbocycles. The fourth-order valence-corrected chi connectivity index (χ4v) is 5.50. The van der Waals surface area contributed by atoms with E-state index in [4.69, 9.17) is 6.42 Å². The van der Waals surface area contributed by atoms with Gasteiger partial charge in [-0.25, -0.2) is 9.80 Å². The summed E-state index contributed by atoms with van der Waals surface area (Å²) in [5.41, 5.74) is 0.904. The highest BCUT2D eigenvalue weighted by atomic mass is 16.4. The molecule has 0 spiro atoms. The number of aliphatic carboxylic acids is 1. The number of carbonyl (C=O) groups excluding carboxylic acids is 3. The fraction of sp³-hybridized carbons (Fsp3) is 0.538. The number of hydrazine groups is 1. The van der Waals surface area contributed by atoms with Crippen molar-refractivity contribution in [3.63, 3.8) is 0 Å². The molecule has 4 rings (SSSR count). The van der Waals surface area contributed by atoms with E-state index < -0.39 is 36.5 Å². The summed E-state index contributed by atoms with van der Waals surface area (Å²) in [6.07, 6.45) is 9.57.